The van der Waals surface area contributed by atoms with Crippen LogP contribution < -0.4 is 4.90 Å². The van der Waals surface area contributed by atoms with Crippen LogP contribution in [0.25, 0.3) is 53.6 Å². The topological polar surface area (TPSA) is 16.1 Å². The van der Waals surface area contributed by atoms with Gasteiger partial charge in [-0.25, -0.2) is 4.98 Å². The van der Waals surface area contributed by atoms with Crippen LogP contribution in [0.5, 0.6) is 0 Å². The van der Waals surface area contributed by atoms with Gasteiger partial charge in [0.25, 0.3) is 0 Å². The van der Waals surface area contributed by atoms with Crippen molar-refractivity contribution in [2.75, 3.05) is 4.90 Å². The van der Waals surface area contributed by atoms with E-state index in [9.17, 15) is 0 Å². The van der Waals surface area contributed by atoms with E-state index in [4.69, 9.17) is 4.98 Å². The fourth-order valence-corrected chi connectivity index (χ4v) is 16.6. The molecule has 0 bridgehead atoms. The summed E-state index contributed by atoms with van der Waals surface area (Å²) in [5.74, 6) is 0.858. The van der Waals surface area contributed by atoms with Crippen molar-refractivity contribution in [2.24, 2.45) is 0 Å². The minimum absolute atomic E-state index is 0.525. The molecule has 2 nitrogen and oxygen atoms in total. The van der Waals surface area contributed by atoms with E-state index in [-0.39, 0.29) is 0 Å². The molecule has 2 aliphatic heterocycles. The minimum Gasteiger partial charge on any atom is -0.295 e. The van der Waals surface area contributed by atoms with E-state index in [2.05, 4.69) is 248 Å². The molecule has 0 atom stereocenters. The zero-order chi connectivity index (χ0) is 47.1. The quantitative estimate of drug-likeness (QED) is 0.175. The molecular weight excluding hydrogens is 929 g/mol. The monoisotopic (exact) mass is 968 g/mol. The third-order valence-electron chi connectivity index (χ3n) is 15.9. The zero-order valence-corrected chi connectivity index (χ0v) is 41.2. The standard InChI is InChI=1S/C67H40N2S3/c1-6-22-50-45(16-1)46-17-2-7-23-51(46)66(50)54-26-10-13-29-59(54)71-61-35-33-42(38-56(61)66)69(64-37-32-41(40-68-64)44-21-15-31-63-65(44)49-20-5-12-28-58(49)70-63)43-34-36-62-57(39-43)67(55-27-11-14-30-60(55)72-62)52-24-8-3-18-47(52)48-19-4-9-25-53(48)67/h1-40H. The second-order valence-electron chi connectivity index (χ2n) is 19.3. The molecule has 2 spiro atoms. The Balaban J connectivity index is 0.952. The molecule has 0 N–H and O–H groups in total. The molecule has 72 heavy (non-hydrogen) atoms. The number of nitrogens with zero attached hydrogens (tertiary/aromatic N) is 2. The Bertz CT molecular complexity index is 3970. The number of benzene rings is 10. The van der Waals surface area contributed by atoms with Crippen LogP contribution >= 0.6 is 34.9 Å². The lowest BCUT2D eigenvalue weighted by molar-refractivity contribution is 0.721. The van der Waals surface area contributed by atoms with Crippen LogP contribution in [0.3, 0.4) is 0 Å². The van der Waals surface area contributed by atoms with Gasteiger partial charge in [-0.15, -0.1) is 11.3 Å². The molecule has 0 unspecified atom stereocenters. The van der Waals surface area contributed by atoms with Crippen LogP contribution in [0, 0.1) is 0 Å². The second kappa shape index (κ2) is 15.3. The van der Waals surface area contributed by atoms with E-state index in [1.165, 1.54) is 112 Å². The van der Waals surface area contributed by atoms with E-state index in [0.29, 0.717) is 0 Å². The van der Waals surface area contributed by atoms with Gasteiger partial charge in [-0.3, -0.25) is 4.90 Å². The third kappa shape index (κ3) is 5.40. The summed E-state index contributed by atoms with van der Waals surface area (Å²) >= 11 is 5.62. The molecule has 0 saturated carbocycles. The van der Waals surface area contributed by atoms with Crippen molar-refractivity contribution < 1.29 is 0 Å². The zero-order valence-electron chi connectivity index (χ0n) is 38.7. The van der Waals surface area contributed by atoms with Crippen molar-refractivity contribution in [2.45, 2.75) is 30.4 Å². The van der Waals surface area contributed by atoms with Gasteiger partial charge in [0.05, 0.1) is 10.8 Å². The van der Waals surface area contributed by atoms with Crippen LogP contribution in [0.15, 0.2) is 262 Å². The summed E-state index contributed by atoms with van der Waals surface area (Å²) < 4.78 is 2.59. The molecule has 12 aromatic rings. The molecule has 5 heteroatoms. The van der Waals surface area contributed by atoms with Crippen molar-refractivity contribution in [1.82, 2.24) is 4.98 Å². The number of rotatable bonds is 4. The summed E-state index contributed by atoms with van der Waals surface area (Å²) in [7, 11) is 0. The Hall–Kier alpha value is -7.93. The predicted octanol–water partition coefficient (Wildman–Crippen LogP) is 18.2. The van der Waals surface area contributed by atoms with Gasteiger partial charge >= 0.3 is 0 Å². The molecule has 2 aliphatic carbocycles. The SMILES string of the molecule is c1ccc2c(c1)Sc1ccc(N(c3ccc4c(c3)C3(c5ccccc5S4)c4ccccc4-c4ccccc43)c3ccc(-c4cccc5sc6ccccc6c45)cn3)cc1C21c2ccccc2-c2ccccc21. The number of fused-ring (bicyclic) bond motifs is 21. The molecule has 4 heterocycles. The van der Waals surface area contributed by atoms with Gasteiger partial charge in [-0.05, 0) is 145 Å². The average molecular weight is 969 g/mol. The normalized spacial score (nSPS) is 14.5. The van der Waals surface area contributed by atoms with Crippen molar-refractivity contribution in [3.63, 3.8) is 0 Å². The Morgan fingerprint density at radius 2 is 0.764 bits per heavy atom. The van der Waals surface area contributed by atoms with Crippen LogP contribution in [0.4, 0.5) is 17.2 Å². The molecule has 4 aliphatic rings. The van der Waals surface area contributed by atoms with Crippen LogP contribution in [0.2, 0.25) is 0 Å². The van der Waals surface area contributed by atoms with Gasteiger partial charge in [0, 0.05) is 62.9 Å². The fourth-order valence-electron chi connectivity index (χ4n) is 13.1. The largest absolute Gasteiger partial charge is 0.295 e. The summed E-state index contributed by atoms with van der Waals surface area (Å²) in [5.41, 5.74) is 19.1. The summed E-state index contributed by atoms with van der Waals surface area (Å²) in [6, 6.07) is 88.8. The number of aromatic nitrogens is 1. The summed E-state index contributed by atoms with van der Waals surface area (Å²) in [4.78, 5) is 13.0. The van der Waals surface area contributed by atoms with Gasteiger partial charge in [-0.2, -0.15) is 0 Å². The maximum atomic E-state index is 5.52. The molecule has 10 aromatic carbocycles. The second-order valence-corrected chi connectivity index (χ2v) is 22.5. The first-order chi connectivity index (χ1) is 35.7. The number of thiophene rings is 1. The Morgan fingerprint density at radius 1 is 0.333 bits per heavy atom. The lowest BCUT2D eigenvalue weighted by Crippen LogP contribution is -2.32. The molecule has 0 radical (unpaired) electrons. The number of anilines is 3. The highest BCUT2D eigenvalue weighted by Crippen LogP contribution is 2.65. The number of pyridine rings is 1. The van der Waals surface area contributed by atoms with Crippen molar-refractivity contribution in [3.8, 4) is 33.4 Å². The van der Waals surface area contributed by atoms with Crippen molar-refractivity contribution in [3.05, 3.63) is 287 Å². The van der Waals surface area contributed by atoms with Gasteiger partial charge < -0.3 is 0 Å². The number of hydrogen-bond acceptors (Lipinski definition) is 5. The Kier molecular flexibility index (Phi) is 8.66. The van der Waals surface area contributed by atoms with Crippen molar-refractivity contribution >= 4 is 72.2 Å². The Morgan fingerprint density at radius 3 is 1.28 bits per heavy atom. The Labute approximate surface area is 430 Å². The highest BCUT2D eigenvalue weighted by molar-refractivity contribution is 7.99. The van der Waals surface area contributed by atoms with Gasteiger partial charge in [0.2, 0.25) is 0 Å². The minimum atomic E-state index is -0.525. The summed E-state index contributed by atoms with van der Waals surface area (Å²) in [6.07, 6.45) is 2.09. The molecule has 2 aromatic heterocycles. The average Bonchev–Trinajstić information content (AvgIpc) is 4.08. The first kappa shape index (κ1) is 40.8. The first-order valence-electron chi connectivity index (χ1n) is 24.6. The molecular formula is C67H40N2S3. The third-order valence-corrected chi connectivity index (χ3v) is 19.3. The molecule has 0 saturated heterocycles. The van der Waals surface area contributed by atoms with Crippen LogP contribution in [-0.4, -0.2) is 4.98 Å². The van der Waals surface area contributed by atoms with Crippen LogP contribution in [0.1, 0.15) is 44.5 Å². The lowest BCUT2D eigenvalue weighted by Gasteiger charge is -2.41. The van der Waals surface area contributed by atoms with E-state index in [0.717, 1.165) is 22.8 Å². The van der Waals surface area contributed by atoms with Gasteiger partial charge in [0.1, 0.15) is 5.82 Å². The van der Waals surface area contributed by atoms with Crippen LogP contribution in [-0.2, 0) is 10.8 Å². The highest BCUT2D eigenvalue weighted by Gasteiger charge is 2.52. The molecule has 16 rings (SSSR count). The van der Waals surface area contributed by atoms with Gasteiger partial charge in [-0.1, -0.05) is 187 Å². The maximum Gasteiger partial charge on any atom is 0.137 e. The highest BCUT2D eigenvalue weighted by atomic mass is 32.2. The van der Waals surface area contributed by atoms with Gasteiger partial charge in [0.15, 0.2) is 0 Å². The summed E-state index contributed by atoms with van der Waals surface area (Å²) in [6.45, 7) is 0. The van der Waals surface area contributed by atoms with E-state index < -0.39 is 10.8 Å². The molecule has 0 fully saturated rings. The smallest absolute Gasteiger partial charge is 0.137 e. The predicted molar refractivity (Wildman–Crippen MR) is 300 cm³/mol. The lowest BCUT2D eigenvalue weighted by atomic mass is 9.67. The number of hydrogen-bond donors (Lipinski definition) is 0. The van der Waals surface area contributed by atoms with E-state index >= 15 is 0 Å². The first-order valence-corrected chi connectivity index (χ1v) is 27.0. The van der Waals surface area contributed by atoms with E-state index in [1.807, 2.05) is 34.9 Å². The summed E-state index contributed by atoms with van der Waals surface area (Å²) in [5, 5.41) is 2.57. The molecule has 336 valence electrons. The fraction of sp³-hybridized carbons (Fsp3) is 0.0299. The van der Waals surface area contributed by atoms with E-state index in [1.54, 1.807) is 0 Å². The van der Waals surface area contributed by atoms with Crippen molar-refractivity contribution in [1.29, 1.82) is 0 Å². The molecule has 0 amide bonds. The maximum absolute atomic E-state index is 5.52.